The number of hydrogen-bond acceptors (Lipinski definition) is 4. The Labute approximate surface area is 170 Å². The first-order chi connectivity index (χ1) is 13.8. The molecule has 0 saturated heterocycles. The second-order valence-corrected chi connectivity index (χ2v) is 8.31. The molecule has 0 spiro atoms. The van der Waals surface area contributed by atoms with Crippen LogP contribution in [0.5, 0.6) is 5.75 Å². The van der Waals surface area contributed by atoms with Crippen LogP contribution < -0.4 is 9.04 Å². The molecule has 0 fully saturated rings. The highest BCUT2D eigenvalue weighted by Crippen LogP contribution is 2.31. The van der Waals surface area contributed by atoms with Crippen molar-refractivity contribution in [2.75, 3.05) is 11.4 Å². The van der Waals surface area contributed by atoms with E-state index in [0.29, 0.717) is 11.3 Å². The van der Waals surface area contributed by atoms with Gasteiger partial charge in [0.25, 0.3) is 10.0 Å². The zero-order valence-electron chi connectivity index (χ0n) is 16.1. The minimum Gasteiger partial charge on any atom is -0.497 e. The molecule has 1 N–H and O–H groups in total. The van der Waals surface area contributed by atoms with Crippen molar-refractivity contribution in [1.82, 2.24) is 0 Å². The molecule has 7 heteroatoms. The van der Waals surface area contributed by atoms with E-state index < -0.39 is 16.0 Å². The summed E-state index contributed by atoms with van der Waals surface area (Å²) in [6.45, 7) is 1.65. The van der Waals surface area contributed by atoms with Crippen molar-refractivity contribution in [3.05, 3.63) is 89.5 Å². The Hall–Kier alpha value is -3.32. The fraction of sp³-hybridized carbons (Fsp3) is 0.136. The van der Waals surface area contributed by atoms with Gasteiger partial charge in [-0.2, -0.15) is 0 Å². The van der Waals surface area contributed by atoms with E-state index in [1.807, 2.05) is 18.2 Å². The fourth-order valence-electron chi connectivity index (χ4n) is 3.06. The molecule has 150 valence electrons. The molecule has 0 aromatic heterocycles. The van der Waals surface area contributed by atoms with Crippen molar-refractivity contribution < 1.29 is 23.1 Å². The summed E-state index contributed by atoms with van der Waals surface area (Å²) in [6.07, 6.45) is 0. The molecule has 0 radical (unpaired) electrons. The molecule has 0 unspecified atom stereocenters. The molecule has 3 rings (SSSR count). The van der Waals surface area contributed by atoms with Crippen molar-refractivity contribution in [2.45, 2.75) is 18.4 Å². The lowest BCUT2D eigenvalue weighted by molar-refractivity contribution is 0.0697. The van der Waals surface area contributed by atoms with Gasteiger partial charge in [0.1, 0.15) is 5.75 Å². The van der Waals surface area contributed by atoms with Gasteiger partial charge in [-0.25, -0.2) is 13.2 Å². The number of carboxylic acids is 1. The van der Waals surface area contributed by atoms with Crippen LogP contribution in [0.2, 0.25) is 0 Å². The molecule has 0 aliphatic carbocycles. The Balaban J connectivity index is 2.18. The molecular formula is C22H21NO5S. The lowest BCUT2D eigenvalue weighted by Crippen LogP contribution is -2.32. The highest BCUT2D eigenvalue weighted by molar-refractivity contribution is 7.92. The van der Waals surface area contributed by atoms with Gasteiger partial charge in [-0.1, -0.05) is 42.5 Å². The van der Waals surface area contributed by atoms with Gasteiger partial charge < -0.3 is 9.84 Å². The molecule has 0 bridgehead atoms. The Morgan fingerprint density at radius 3 is 2.21 bits per heavy atom. The van der Waals surface area contributed by atoms with E-state index in [1.54, 1.807) is 43.3 Å². The van der Waals surface area contributed by atoms with E-state index in [2.05, 4.69) is 0 Å². The molecule has 0 aliphatic heterocycles. The van der Waals surface area contributed by atoms with Gasteiger partial charge in [-0.05, 0) is 48.4 Å². The number of hydrogen-bond donors (Lipinski definition) is 1. The van der Waals surface area contributed by atoms with Crippen molar-refractivity contribution in [3.63, 3.8) is 0 Å². The lowest BCUT2D eigenvalue weighted by Gasteiger charge is -2.26. The number of ether oxygens (including phenoxy) is 1. The highest BCUT2D eigenvalue weighted by Gasteiger charge is 2.29. The van der Waals surface area contributed by atoms with Crippen molar-refractivity contribution in [2.24, 2.45) is 0 Å². The van der Waals surface area contributed by atoms with Crippen LogP contribution in [0.4, 0.5) is 5.69 Å². The number of aromatic carboxylic acids is 1. The first-order valence-corrected chi connectivity index (χ1v) is 10.3. The molecule has 0 aliphatic rings. The maximum absolute atomic E-state index is 13.5. The third-order valence-corrected chi connectivity index (χ3v) is 6.32. The largest absolute Gasteiger partial charge is 0.497 e. The molecule has 3 aromatic rings. The summed E-state index contributed by atoms with van der Waals surface area (Å²) in [4.78, 5) is 12.0. The van der Waals surface area contributed by atoms with Gasteiger partial charge in [0, 0.05) is 0 Å². The minimum atomic E-state index is -4.04. The average molecular weight is 411 g/mol. The quantitative estimate of drug-likeness (QED) is 0.633. The summed E-state index contributed by atoms with van der Waals surface area (Å²) in [5, 5.41) is 9.73. The topological polar surface area (TPSA) is 83.9 Å². The summed E-state index contributed by atoms with van der Waals surface area (Å²) in [6, 6.07) is 19.9. The van der Waals surface area contributed by atoms with Gasteiger partial charge in [0.2, 0.25) is 0 Å². The average Bonchev–Trinajstić information content (AvgIpc) is 2.72. The standard InChI is InChI=1S/C22H21NO5S/c1-16-7-6-10-20(21(16)22(24)25)23(15-17-8-4-3-5-9-17)29(26,27)19-13-11-18(28-2)12-14-19/h3-14H,15H2,1-2H3,(H,24,25). The fourth-order valence-corrected chi connectivity index (χ4v) is 4.53. The van der Waals surface area contributed by atoms with Crippen LogP contribution in [0.25, 0.3) is 0 Å². The Morgan fingerprint density at radius 1 is 0.966 bits per heavy atom. The monoisotopic (exact) mass is 411 g/mol. The first-order valence-electron chi connectivity index (χ1n) is 8.88. The van der Waals surface area contributed by atoms with Gasteiger partial charge in [0.15, 0.2) is 0 Å². The smallest absolute Gasteiger partial charge is 0.338 e. The van der Waals surface area contributed by atoms with Crippen LogP contribution in [0.1, 0.15) is 21.5 Å². The van der Waals surface area contributed by atoms with Gasteiger partial charge in [0.05, 0.1) is 29.8 Å². The van der Waals surface area contributed by atoms with Crippen LogP contribution in [-0.2, 0) is 16.6 Å². The van der Waals surface area contributed by atoms with Crippen molar-refractivity contribution in [1.29, 1.82) is 0 Å². The lowest BCUT2D eigenvalue weighted by atomic mass is 10.1. The third kappa shape index (κ3) is 4.25. The van der Waals surface area contributed by atoms with Crippen LogP contribution in [0.15, 0.2) is 77.7 Å². The second-order valence-electron chi connectivity index (χ2n) is 6.45. The number of sulfonamides is 1. The Bertz CT molecular complexity index is 1110. The number of aryl methyl sites for hydroxylation is 1. The number of benzene rings is 3. The maximum atomic E-state index is 13.5. The van der Waals surface area contributed by atoms with E-state index in [9.17, 15) is 18.3 Å². The molecule has 0 atom stereocenters. The minimum absolute atomic E-state index is 0.00106. The summed E-state index contributed by atoms with van der Waals surface area (Å²) in [5.74, 6) is -0.651. The van der Waals surface area contributed by atoms with E-state index in [1.165, 1.54) is 25.3 Å². The number of carbonyl (C=O) groups is 1. The molecule has 3 aromatic carbocycles. The van der Waals surface area contributed by atoms with E-state index >= 15 is 0 Å². The normalized spacial score (nSPS) is 11.1. The number of carboxylic acid groups (broad SMARTS) is 1. The maximum Gasteiger partial charge on any atom is 0.338 e. The van der Waals surface area contributed by atoms with Crippen LogP contribution in [-0.4, -0.2) is 26.6 Å². The Morgan fingerprint density at radius 2 is 1.62 bits per heavy atom. The highest BCUT2D eigenvalue weighted by atomic mass is 32.2. The number of anilines is 1. The number of nitrogens with zero attached hydrogens (tertiary/aromatic N) is 1. The second kappa shape index (κ2) is 8.36. The first kappa shape index (κ1) is 20.4. The van der Waals surface area contributed by atoms with Gasteiger partial charge in [-0.15, -0.1) is 0 Å². The van der Waals surface area contributed by atoms with Crippen LogP contribution >= 0.6 is 0 Å². The molecule has 29 heavy (non-hydrogen) atoms. The van der Waals surface area contributed by atoms with Gasteiger partial charge >= 0.3 is 5.97 Å². The Kier molecular flexibility index (Phi) is 5.89. The summed E-state index contributed by atoms with van der Waals surface area (Å²) >= 11 is 0. The van der Waals surface area contributed by atoms with Gasteiger partial charge in [-0.3, -0.25) is 4.31 Å². The predicted molar refractivity (Wildman–Crippen MR) is 111 cm³/mol. The third-order valence-electron chi connectivity index (χ3n) is 4.55. The van der Waals surface area contributed by atoms with Crippen molar-refractivity contribution in [3.8, 4) is 5.75 Å². The SMILES string of the molecule is COc1ccc(S(=O)(=O)N(Cc2ccccc2)c2cccc(C)c2C(=O)O)cc1. The van der Waals surface area contributed by atoms with E-state index in [-0.39, 0.29) is 22.7 Å². The van der Waals surface area contributed by atoms with Crippen LogP contribution in [0.3, 0.4) is 0 Å². The molecule has 0 heterocycles. The van der Waals surface area contributed by atoms with E-state index in [0.717, 1.165) is 9.87 Å². The summed E-state index contributed by atoms with van der Waals surface area (Å²) in [5.41, 5.74) is 1.30. The summed E-state index contributed by atoms with van der Waals surface area (Å²) < 4.78 is 33.3. The van der Waals surface area contributed by atoms with Crippen molar-refractivity contribution >= 4 is 21.7 Å². The number of methoxy groups -OCH3 is 1. The zero-order valence-corrected chi connectivity index (χ0v) is 16.9. The van der Waals surface area contributed by atoms with Crippen LogP contribution in [0, 0.1) is 6.92 Å². The molecule has 0 saturated carbocycles. The predicted octanol–water partition coefficient (Wildman–Crippen LogP) is 4.10. The summed E-state index contributed by atoms with van der Waals surface area (Å²) in [7, 11) is -2.54. The zero-order chi connectivity index (χ0) is 21.0. The van der Waals surface area contributed by atoms with E-state index in [4.69, 9.17) is 4.74 Å². The molecule has 6 nitrogen and oxygen atoms in total. The molecular weight excluding hydrogens is 390 g/mol. The number of rotatable bonds is 7. The molecule has 0 amide bonds.